The van der Waals surface area contributed by atoms with Crippen LogP contribution >= 0.6 is 34.5 Å². The van der Waals surface area contributed by atoms with Crippen LogP contribution in [0.15, 0.2) is 22.7 Å². The minimum atomic E-state index is -0.400. The predicted octanol–water partition coefficient (Wildman–Crippen LogP) is 6.41. The summed E-state index contributed by atoms with van der Waals surface area (Å²) in [5, 5.41) is 17.9. The zero-order chi connectivity index (χ0) is 20.5. The van der Waals surface area contributed by atoms with Gasteiger partial charge >= 0.3 is 0 Å². The van der Waals surface area contributed by atoms with Gasteiger partial charge in [0.15, 0.2) is 0 Å². The van der Waals surface area contributed by atoms with Gasteiger partial charge in [-0.2, -0.15) is 5.26 Å². The van der Waals surface area contributed by atoms with Crippen molar-refractivity contribution in [2.24, 2.45) is 0 Å². The fraction of sp³-hybridized carbons (Fsp3) is 0.286. The van der Waals surface area contributed by atoms with Gasteiger partial charge in [0.1, 0.15) is 28.1 Å². The van der Waals surface area contributed by atoms with Crippen molar-refractivity contribution in [3.05, 3.63) is 55.6 Å². The molecular weight excluding hydrogens is 429 g/mol. The molecule has 1 N–H and O–H groups in total. The van der Waals surface area contributed by atoms with E-state index in [1.165, 1.54) is 16.2 Å². The Morgan fingerprint density at radius 1 is 1.24 bits per heavy atom. The van der Waals surface area contributed by atoms with Gasteiger partial charge in [-0.3, -0.25) is 4.79 Å². The Hall–Kier alpha value is -2.33. The first-order valence-corrected chi connectivity index (χ1v) is 10.8. The van der Waals surface area contributed by atoms with Crippen LogP contribution in [0.25, 0.3) is 11.3 Å². The number of aromatic nitrogens is 1. The van der Waals surface area contributed by atoms with Gasteiger partial charge in [0.05, 0.1) is 15.6 Å². The minimum absolute atomic E-state index is 0.257. The van der Waals surface area contributed by atoms with Gasteiger partial charge in [-0.1, -0.05) is 40.8 Å². The molecule has 2 heterocycles. The van der Waals surface area contributed by atoms with Crippen LogP contribution in [-0.2, 0) is 12.8 Å². The number of benzene rings is 1. The highest BCUT2D eigenvalue weighted by Gasteiger charge is 2.27. The maximum absolute atomic E-state index is 13.2. The normalized spacial score (nSPS) is 13.4. The molecular formula is C21H17Cl2N3O2S. The number of hydrogen-bond donors (Lipinski definition) is 1. The molecule has 8 heteroatoms. The van der Waals surface area contributed by atoms with E-state index in [0.717, 1.165) is 37.7 Å². The topological polar surface area (TPSA) is 78.9 Å². The number of thiophene rings is 1. The third-order valence-corrected chi connectivity index (χ3v) is 6.89. The Bertz CT molecular complexity index is 1120. The number of amides is 1. The number of halogens is 2. The standard InChI is InChI=1S/C21H17Cl2N3O2S/c1-11-17(19(26-28-11)18-14(22)7-5-8-15(18)23)20(27)25-21-13(10-24)12-6-3-2-4-9-16(12)29-21/h5,7-8H,2-4,6,9H2,1H3,(H,25,27). The minimum Gasteiger partial charge on any atom is -0.360 e. The Labute approximate surface area is 182 Å². The van der Waals surface area contributed by atoms with Gasteiger partial charge in [-0.15, -0.1) is 11.3 Å². The van der Waals surface area contributed by atoms with Crippen molar-refractivity contribution in [1.82, 2.24) is 5.16 Å². The summed E-state index contributed by atoms with van der Waals surface area (Å²) in [6.07, 6.45) is 5.14. The maximum Gasteiger partial charge on any atom is 0.262 e. The fourth-order valence-corrected chi connectivity index (χ4v) is 5.46. The van der Waals surface area contributed by atoms with Gasteiger partial charge in [-0.05, 0) is 50.3 Å². The second-order valence-electron chi connectivity index (χ2n) is 6.89. The van der Waals surface area contributed by atoms with Crippen LogP contribution in [0.2, 0.25) is 10.0 Å². The van der Waals surface area contributed by atoms with Crippen molar-refractivity contribution in [3.63, 3.8) is 0 Å². The number of nitriles is 1. The van der Waals surface area contributed by atoms with Crippen LogP contribution < -0.4 is 5.32 Å². The molecule has 1 amide bonds. The SMILES string of the molecule is Cc1onc(-c2c(Cl)cccc2Cl)c1C(=O)Nc1sc2c(c1C#N)CCCCC2. The number of anilines is 1. The molecule has 5 nitrogen and oxygen atoms in total. The van der Waals surface area contributed by atoms with Crippen LogP contribution in [0.4, 0.5) is 5.00 Å². The summed E-state index contributed by atoms with van der Waals surface area (Å²) in [7, 11) is 0. The Balaban J connectivity index is 1.73. The molecule has 0 fully saturated rings. The van der Waals surface area contributed by atoms with E-state index in [2.05, 4.69) is 16.5 Å². The number of carbonyl (C=O) groups is 1. The van der Waals surface area contributed by atoms with Crippen LogP contribution in [0.5, 0.6) is 0 Å². The van der Waals surface area contributed by atoms with Crippen molar-refractivity contribution in [1.29, 1.82) is 5.26 Å². The third-order valence-electron chi connectivity index (χ3n) is 5.05. The largest absolute Gasteiger partial charge is 0.360 e. The smallest absolute Gasteiger partial charge is 0.262 e. The molecule has 0 unspecified atom stereocenters. The Kier molecular flexibility index (Phi) is 5.64. The quantitative estimate of drug-likeness (QED) is 0.472. The molecule has 0 spiro atoms. The van der Waals surface area contributed by atoms with E-state index in [-0.39, 0.29) is 11.3 Å². The number of hydrogen-bond acceptors (Lipinski definition) is 5. The van der Waals surface area contributed by atoms with Crippen LogP contribution in [-0.4, -0.2) is 11.1 Å². The highest BCUT2D eigenvalue weighted by molar-refractivity contribution is 7.16. The summed E-state index contributed by atoms with van der Waals surface area (Å²) in [6, 6.07) is 7.35. The predicted molar refractivity (Wildman–Crippen MR) is 115 cm³/mol. The fourth-order valence-electron chi connectivity index (χ4n) is 3.65. The highest BCUT2D eigenvalue weighted by Crippen LogP contribution is 2.39. The molecule has 0 aliphatic heterocycles. The average molecular weight is 446 g/mol. The number of fused-ring (bicyclic) bond motifs is 1. The lowest BCUT2D eigenvalue weighted by Gasteiger charge is -2.07. The molecule has 148 valence electrons. The molecule has 29 heavy (non-hydrogen) atoms. The molecule has 1 aliphatic rings. The molecule has 0 atom stereocenters. The maximum atomic E-state index is 13.2. The summed E-state index contributed by atoms with van der Waals surface area (Å²) in [5.74, 6) is -0.0484. The van der Waals surface area contributed by atoms with E-state index in [0.29, 0.717) is 31.9 Å². The first kappa shape index (κ1) is 20.0. The zero-order valence-corrected chi connectivity index (χ0v) is 18.0. The number of nitrogens with one attached hydrogen (secondary N) is 1. The van der Waals surface area contributed by atoms with Crippen LogP contribution in [0.3, 0.4) is 0 Å². The van der Waals surface area contributed by atoms with Crippen molar-refractivity contribution in [3.8, 4) is 17.3 Å². The molecule has 0 bridgehead atoms. The Morgan fingerprint density at radius 2 is 1.97 bits per heavy atom. The Morgan fingerprint density at radius 3 is 2.69 bits per heavy atom. The van der Waals surface area contributed by atoms with Crippen LogP contribution in [0.1, 0.15) is 51.4 Å². The summed E-state index contributed by atoms with van der Waals surface area (Å²) in [6.45, 7) is 1.66. The molecule has 0 radical (unpaired) electrons. The lowest BCUT2D eigenvalue weighted by Crippen LogP contribution is -2.13. The van der Waals surface area contributed by atoms with Gasteiger partial charge in [-0.25, -0.2) is 0 Å². The van der Waals surface area contributed by atoms with Gasteiger partial charge < -0.3 is 9.84 Å². The number of aryl methyl sites for hydroxylation is 2. The third kappa shape index (κ3) is 3.66. The molecule has 3 aromatic rings. The molecule has 1 aromatic carbocycles. The molecule has 0 saturated heterocycles. The number of nitrogens with zero attached hydrogens (tertiary/aromatic N) is 2. The molecule has 2 aromatic heterocycles. The van der Waals surface area contributed by atoms with E-state index < -0.39 is 5.91 Å². The van der Waals surface area contributed by atoms with E-state index in [4.69, 9.17) is 27.7 Å². The first-order chi connectivity index (χ1) is 14.0. The van der Waals surface area contributed by atoms with Gasteiger partial charge in [0, 0.05) is 10.4 Å². The molecule has 0 saturated carbocycles. The lowest BCUT2D eigenvalue weighted by atomic mass is 10.0. The number of carbonyl (C=O) groups excluding carboxylic acids is 1. The zero-order valence-electron chi connectivity index (χ0n) is 15.6. The van der Waals surface area contributed by atoms with Gasteiger partial charge in [0.25, 0.3) is 5.91 Å². The summed E-state index contributed by atoms with van der Waals surface area (Å²) < 4.78 is 5.28. The summed E-state index contributed by atoms with van der Waals surface area (Å²) in [5.41, 5.74) is 2.62. The van der Waals surface area contributed by atoms with Crippen LogP contribution in [0, 0.1) is 18.3 Å². The second-order valence-corrected chi connectivity index (χ2v) is 8.81. The van der Waals surface area contributed by atoms with Crippen molar-refractivity contribution in [2.45, 2.75) is 39.0 Å². The lowest BCUT2D eigenvalue weighted by molar-refractivity contribution is 0.102. The molecule has 1 aliphatic carbocycles. The van der Waals surface area contributed by atoms with E-state index in [1.54, 1.807) is 25.1 Å². The van der Waals surface area contributed by atoms with E-state index >= 15 is 0 Å². The van der Waals surface area contributed by atoms with Crippen molar-refractivity contribution < 1.29 is 9.32 Å². The number of rotatable bonds is 3. The molecule has 4 rings (SSSR count). The van der Waals surface area contributed by atoms with Gasteiger partial charge in [0.2, 0.25) is 0 Å². The second kappa shape index (κ2) is 8.19. The van der Waals surface area contributed by atoms with E-state index in [9.17, 15) is 10.1 Å². The highest BCUT2D eigenvalue weighted by atomic mass is 35.5. The van der Waals surface area contributed by atoms with Crippen molar-refractivity contribution >= 4 is 45.4 Å². The summed E-state index contributed by atoms with van der Waals surface area (Å²) in [4.78, 5) is 14.3. The first-order valence-electron chi connectivity index (χ1n) is 9.28. The monoisotopic (exact) mass is 445 g/mol. The average Bonchev–Trinajstić information content (AvgIpc) is 3.12. The van der Waals surface area contributed by atoms with Crippen molar-refractivity contribution in [2.75, 3.05) is 5.32 Å². The summed E-state index contributed by atoms with van der Waals surface area (Å²) >= 11 is 14.1. The van der Waals surface area contributed by atoms with E-state index in [1.807, 2.05) is 0 Å².